The van der Waals surface area contributed by atoms with Gasteiger partial charge in [-0.1, -0.05) is 48.5 Å². The molecule has 0 heterocycles. The van der Waals surface area contributed by atoms with Crippen molar-refractivity contribution in [3.8, 4) is 0 Å². The third-order valence-corrected chi connectivity index (χ3v) is 5.28. The first kappa shape index (κ1) is 17.0. The lowest BCUT2D eigenvalue weighted by molar-refractivity contribution is -0.136. The smallest absolute Gasteiger partial charge is 0.304 e. The van der Waals surface area contributed by atoms with E-state index < -0.39 is 28.0 Å². The Morgan fingerprint density at radius 1 is 1.00 bits per heavy atom. The minimum Gasteiger partial charge on any atom is -0.481 e. The van der Waals surface area contributed by atoms with E-state index >= 15 is 0 Å². The Labute approximate surface area is 136 Å². The fraction of sp³-hybridized carbons (Fsp3) is 0.167. The van der Waals surface area contributed by atoms with Crippen LogP contribution in [-0.2, 0) is 14.6 Å². The lowest BCUT2D eigenvalue weighted by Crippen LogP contribution is -2.11. The van der Waals surface area contributed by atoms with E-state index in [1.807, 2.05) is 31.2 Å². The highest BCUT2D eigenvalue weighted by molar-refractivity contribution is 7.91. The van der Waals surface area contributed by atoms with Gasteiger partial charge in [-0.15, -0.1) is 0 Å². The molecule has 0 saturated heterocycles. The molecule has 120 valence electrons. The fourth-order valence-corrected chi connectivity index (χ4v) is 3.35. The standard InChI is InChI=1S/C18H18O4S/c1-13-3-5-15(6-4-13)14(2)16-7-9-17(10-8-16)23(21,22)12-11-18(19)20/h3-10H,2,11-12H2,1H3,(H,19,20). The van der Waals surface area contributed by atoms with E-state index in [-0.39, 0.29) is 4.90 Å². The maximum atomic E-state index is 12.0. The number of carboxylic acids is 1. The molecule has 0 saturated carbocycles. The van der Waals surface area contributed by atoms with Crippen LogP contribution in [0.25, 0.3) is 5.57 Å². The Bertz CT molecular complexity index is 816. The molecule has 5 heteroatoms. The minimum absolute atomic E-state index is 0.124. The van der Waals surface area contributed by atoms with Crippen LogP contribution < -0.4 is 0 Å². The average molecular weight is 330 g/mol. The van der Waals surface area contributed by atoms with Crippen molar-refractivity contribution in [2.24, 2.45) is 0 Å². The zero-order valence-electron chi connectivity index (χ0n) is 12.8. The molecule has 0 aliphatic rings. The monoisotopic (exact) mass is 330 g/mol. The van der Waals surface area contributed by atoms with Gasteiger partial charge in [0, 0.05) is 0 Å². The lowest BCUT2D eigenvalue weighted by atomic mass is 9.99. The molecule has 4 nitrogen and oxygen atoms in total. The van der Waals surface area contributed by atoms with Crippen molar-refractivity contribution in [1.29, 1.82) is 0 Å². The van der Waals surface area contributed by atoms with E-state index in [4.69, 9.17) is 5.11 Å². The second kappa shape index (κ2) is 6.79. The number of carboxylic acid groups (broad SMARTS) is 1. The summed E-state index contributed by atoms with van der Waals surface area (Å²) in [5.41, 5.74) is 3.75. The lowest BCUT2D eigenvalue weighted by Gasteiger charge is -2.08. The highest BCUT2D eigenvalue weighted by Gasteiger charge is 2.16. The molecule has 2 aromatic carbocycles. The normalized spacial score (nSPS) is 11.2. The minimum atomic E-state index is -3.58. The SMILES string of the molecule is C=C(c1ccc(C)cc1)c1ccc(S(=O)(=O)CCC(=O)O)cc1. The Kier molecular flexibility index (Phi) is 5.01. The molecule has 0 spiro atoms. The summed E-state index contributed by atoms with van der Waals surface area (Å²) >= 11 is 0. The maximum Gasteiger partial charge on any atom is 0.304 e. The molecule has 23 heavy (non-hydrogen) atoms. The van der Waals surface area contributed by atoms with E-state index in [0.29, 0.717) is 0 Å². The van der Waals surface area contributed by atoms with Crippen LogP contribution in [0.1, 0.15) is 23.1 Å². The molecule has 0 unspecified atom stereocenters. The summed E-state index contributed by atoms with van der Waals surface area (Å²) in [7, 11) is -3.58. The predicted molar refractivity (Wildman–Crippen MR) is 90.1 cm³/mol. The Morgan fingerprint density at radius 2 is 1.48 bits per heavy atom. The molecular formula is C18H18O4S. The van der Waals surface area contributed by atoms with E-state index in [2.05, 4.69) is 6.58 Å². The third kappa shape index (κ3) is 4.29. The number of aryl methyl sites for hydroxylation is 1. The van der Waals surface area contributed by atoms with Gasteiger partial charge >= 0.3 is 5.97 Å². The molecule has 0 aliphatic heterocycles. The number of hydrogen-bond donors (Lipinski definition) is 1. The molecule has 2 aromatic rings. The molecule has 1 N–H and O–H groups in total. The van der Waals surface area contributed by atoms with E-state index in [1.54, 1.807) is 12.1 Å². The van der Waals surface area contributed by atoms with Crippen molar-refractivity contribution in [1.82, 2.24) is 0 Å². The molecule has 2 rings (SSSR count). The van der Waals surface area contributed by atoms with Gasteiger partial charge in [-0.25, -0.2) is 8.42 Å². The first-order valence-corrected chi connectivity index (χ1v) is 8.76. The van der Waals surface area contributed by atoms with Crippen LogP contribution in [0, 0.1) is 6.92 Å². The summed E-state index contributed by atoms with van der Waals surface area (Å²) in [6.07, 6.45) is -0.403. The van der Waals surface area contributed by atoms with Gasteiger partial charge < -0.3 is 5.11 Å². The topological polar surface area (TPSA) is 71.4 Å². The first-order chi connectivity index (χ1) is 10.8. The van der Waals surface area contributed by atoms with Crippen LogP contribution in [0.15, 0.2) is 60.0 Å². The summed E-state index contributed by atoms with van der Waals surface area (Å²) in [5, 5.41) is 8.61. The zero-order valence-corrected chi connectivity index (χ0v) is 13.6. The summed E-state index contributed by atoms with van der Waals surface area (Å²) in [4.78, 5) is 10.6. The van der Waals surface area contributed by atoms with E-state index in [1.165, 1.54) is 12.1 Å². The van der Waals surface area contributed by atoms with Crippen LogP contribution in [-0.4, -0.2) is 25.2 Å². The van der Waals surface area contributed by atoms with Gasteiger partial charge in [0.05, 0.1) is 17.1 Å². The summed E-state index contributed by atoms with van der Waals surface area (Å²) < 4.78 is 24.1. The molecule has 0 aliphatic carbocycles. The number of benzene rings is 2. The molecule has 0 aromatic heterocycles. The highest BCUT2D eigenvalue weighted by atomic mass is 32.2. The second-order valence-electron chi connectivity index (χ2n) is 5.33. The van der Waals surface area contributed by atoms with Crippen molar-refractivity contribution >= 4 is 21.4 Å². The quantitative estimate of drug-likeness (QED) is 0.882. The van der Waals surface area contributed by atoms with Crippen LogP contribution in [0.4, 0.5) is 0 Å². The molecule has 0 amide bonds. The van der Waals surface area contributed by atoms with Crippen molar-refractivity contribution in [3.63, 3.8) is 0 Å². The maximum absolute atomic E-state index is 12.0. The number of hydrogen-bond acceptors (Lipinski definition) is 3. The second-order valence-corrected chi connectivity index (χ2v) is 7.44. The Morgan fingerprint density at radius 3 is 1.96 bits per heavy atom. The van der Waals surface area contributed by atoms with Gasteiger partial charge in [0.1, 0.15) is 0 Å². The van der Waals surface area contributed by atoms with Crippen LogP contribution in [0.5, 0.6) is 0 Å². The molecular weight excluding hydrogens is 312 g/mol. The van der Waals surface area contributed by atoms with Gasteiger partial charge in [0.15, 0.2) is 9.84 Å². The van der Waals surface area contributed by atoms with Gasteiger partial charge in [0.2, 0.25) is 0 Å². The molecule has 0 fully saturated rings. The third-order valence-electron chi connectivity index (χ3n) is 3.55. The largest absolute Gasteiger partial charge is 0.481 e. The van der Waals surface area contributed by atoms with Crippen molar-refractivity contribution in [2.45, 2.75) is 18.2 Å². The van der Waals surface area contributed by atoms with Gasteiger partial charge in [-0.05, 0) is 35.8 Å². The van der Waals surface area contributed by atoms with Gasteiger partial charge in [0.25, 0.3) is 0 Å². The van der Waals surface area contributed by atoms with Crippen LogP contribution in [0.2, 0.25) is 0 Å². The van der Waals surface area contributed by atoms with Crippen molar-refractivity contribution in [2.75, 3.05) is 5.75 Å². The van der Waals surface area contributed by atoms with Crippen LogP contribution >= 0.6 is 0 Å². The Hall–Kier alpha value is -2.40. The van der Waals surface area contributed by atoms with Crippen molar-refractivity contribution in [3.05, 3.63) is 71.8 Å². The van der Waals surface area contributed by atoms with Gasteiger partial charge in [-0.2, -0.15) is 0 Å². The van der Waals surface area contributed by atoms with Gasteiger partial charge in [-0.3, -0.25) is 4.79 Å². The molecule has 0 atom stereocenters. The number of rotatable bonds is 6. The summed E-state index contributed by atoms with van der Waals surface area (Å²) in [5.74, 6) is -1.53. The van der Waals surface area contributed by atoms with E-state index in [9.17, 15) is 13.2 Å². The Balaban J connectivity index is 2.20. The molecule has 0 radical (unpaired) electrons. The highest BCUT2D eigenvalue weighted by Crippen LogP contribution is 2.23. The molecule has 0 bridgehead atoms. The zero-order chi connectivity index (χ0) is 17.0. The first-order valence-electron chi connectivity index (χ1n) is 7.10. The number of carbonyl (C=O) groups is 1. The van der Waals surface area contributed by atoms with E-state index in [0.717, 1.165) is 22.3 Å². The van der Waals surface area contributed by atoms with Crippen LogP contribution in [0.3, 0.4) is 0 Å². The summed E-state index contributed by atoms with van der Waals surface area (Å²) in [6.45, 7) is 6.05. The summed E-state index contributed by atoms with van der Waals surface area (Å²) in [6, 6.07) is 14.3. The number of aliphatic carboxylic acids is 1. The van der Waals surface area contributed by atoms with Crippen molar-refractivity contribution < 1.29 is 18.3 Å². The fourth-order valence-electron chi connectivity index (χ4n) is 2.12. The average Bonchev–Trinajstić information content (AvgIpc) is 2.53. The number of sulfone groups is 1. The predicted octanol–water partition coefficient (Wildman–Crippen LogP) is 3.30.